The van der Waals surface area contributed by atoms with Gasteiger partial charge in [-0.15, -0.1) is 11.3 Å². The number of fused-ring (bicyclic) bond motifs is 1. The van der Waals surface area contributed by atoms with E-state index in [-0.39, 0.29) is 12.1 Å². The van der Waals surface area contributed by atoms with Gasteiger partial charge in [-0.05, 0) is 85.0 Å². The van der Waals surface area contributed by atoms with E-state index >= 15 is 0 Å². The number of ether oxygens (including phenoxy) is 1. The highest BCUT2D eigenvalue weighted by Gasteiger charge is 2.17. The maximum absolute atomic E-state index is 9.54. The monoisotopic (exact) mass is 479 g/mol. The zero-order valence-electron chi connectivity index (χ0n) is 19.0. The lowest BCUT2D eigenvalue weighted by atomic mass is 10.0. The van der Waals surface area contributed by atoms with Gasteiger partial charge in [-0.25, -0.2) is 0 Å². The number of rotatable bonds is 8. The zero-order valence-corrected chi connectivity index (χ0v) is 20.6. The molecule has 1 aromatic heterocycles. The SMILES string of the molecule is CC(C)(CCO)NS/C(C#N)=C/c1ccc(-c2ccc3cc(N4CCOCC4)ccc3c2)s1. The van der Waals surface area contributed by atoms with Gasteiger partial charge in [0.15, 0.2) is 0 Å². The minimum Gasteiger partial charge on any atom is -0.396 e. The fourth-order valence-electron chi connectivity index (χ4n) is 3.73. The number of allylic oxidation sites excluding steroid dienone is 1. The molecular formula is C26H29N3O2S2. The third-order valence-corrected chi connectivity index (χ3v) is 7.83. The molecule has 3 aromatic rings. The van der Waals surface area contributed by atoms with Crippen molar-refractivity contribution < 1.29 is 9.84 Å². The van der Waals surface area contributed by atoms with Gasteiger partial charge < -0.3 is 14.7 Å². The van der Waals surface area contributed by atoms with Crippen molar-refractivity contribution in [3.63, 3.8) is 0 Å². The number of morpholine rings is 1. The molecule has 33 heavy (non-hydrogen) atoms. The molecule has 7 heteroatoms. The number of nitrogens with zero attached hydrogens (tertiary/aromatic N) is 2. The van der Waals surface area contributed by atoms with E-state index in [9.17, 15) is 10.4 Å². The molecule has 0 atom stereocenters. The molecule has 2 N–H and O–H groups in total. The smallest absolute Gasteiger partial charge is 0.108 e. The number of nitrogens with one attached hydrogen (secondary N) is 1. The Morgan fingerprint density at radius 1 is 1.18 bits per heavy atom. The van der Waals surface area contributed by atoms with Gasteiger partial charge in [-0.1, -0.05) is 18.2 Å². The maximum Gasteiger partial charge on any atom is 0.108 e. The molecular weight excluding hydrogens is 450 g/mol. The van der Waals surface area contributed by atoms with Crippen LogP contribution in [-0.2, 0) is 4.74 Å². The first-order valence-electron chi connectivity index (χ1n) is 11.1. The van der Waals surface area contributed by atoms with Gasteiger partial charge in [-0.3, -0.25) is 4.72 Å². The summed E-state index contributed by atoms with van der Waals surface area (Å²) in [5, 5.41) is 21.2. The van der Waals surface area contributed by atoms with Crippen LogP contribution in [0.1, 0.15) is 25.1 Å². The van der Waals surface area contributed by atoms with Crippen LogP contribution in [0.2, 0.25) is 0 Å². The molecule has 2 aromatic carbocycles. The van der Waals surface area contributed by atoms with Crippen LogP contribution in [0.4, 0.5) is 5.69 Å². The van der Waals surface area contributed by atoms with Crippen molar-refractivity contribution in [2.45, 2.75) is 25.8 Å². The first-order chi connectivity index (χ1) is 16.0. The Morgan fingerprint density at radius 2 is 1.94 bits per heavy atom. The summed E-state index contributed by atoms with van der Waals surface area (Å²) in [6.07, 6.45) is 2.54. The number of hydrogen-bond acceptors (Lipinski definition) is 7. The second-order valence-corrected chi connectivity index (χ2v) is 10.7. The lowest BCUT2D eigenvalue weighted by Crippen LogP contribution is -2.36. The molecule has 1 fully saturated rings. The average Bonchev–Trinajstić information content (AvgIpc) is 3.30. The Kier molecular flexibility index (Phi) is 7.74. The Balaban J connectivity index is 1.49. The van der Waals surface area contributed by atoms with Crippen LogP contribution < -0.4 is 9.62 Å². The Bertz CT molecular complexity index is 1170. The molecule has 0 spiro atoms. The van der Waals surface area contributed by atoms with Crippen molar-refractivity contribution in [3.05, 3.63) is 58.3 Å². The predicted molar refractivity (Wildman–Crippen MR) is 140 cm³/mol. The molecule has 172 valence electrons. The highest BCUT2D eigenvalue weighted by molar-refractivity contribution is 8.01. The predicted octanol–water partition coefficient (Wildman–Crippen LogP) is 5.67. The number of benzene rings is 2. The third-order valence-electron chi connectivity index (χ3n) is 5.67. The van der Waals surface area contributed by atoms with E-state index in [2.05, 4.69) is 64.2 Å². The van der Waals surface area contributed by atoms with Gasteiger partial charge in [0, 0.05) is 40.7 Å². The summed E-state index contributed by atoms with van der Waals surface area (Å²) >= 11 is 2.99. The molecule has 4 rings (SSSR count). The van der Waals surface area contributed by atoms with E-state index in [1.807, 2.05) is 19.9 Å². The summed E-state index contributed by atoms with van der Waals surface area (Å²) in [6.45, 7) is 7.58. The van der Waals surface area contributed by atoms with Crippen LogP contribution >= 0.6 is 23.3 Å². The average molecular weight is 480 g/mol. The number of nitriles is 1. The van der Waals surface area contributed by atoms with E-state index in [4.69, 9.17) is 4.74 Å². The first kappa shape index (κ1) is 23.8. The summed E-state index contributed by atoms with van der Waals surface area (Å²) in [4.78, 5) is 5.19. The molecule has 2 heterocycles. The molecule has 1 saturated heterocycles. The van der Waals surface area contributed by atoms with Crippen molar-refractivity contribution in [2.75, 3.05) is 37.8 Å². The van der Waals surface area contributed by atoms with E-state index in [0.29, 0.717) is 11.3 Å². The summed E-state index contributed by atoms with van der Waals surface area (Å²) < 4.78 is 8.75. The van der Waals surface area contributed by atoms with Gasteiger partial charge >= 0.3 is 0 Å². The van der Waals surface area contributed by atoms with E-state index in [1.54, 1.807) is 11.3 Å². The van der Waals surface area contributed by atoms with Crippen LogP contribution in [0.3, 0.4) is 0 Å². The summed E-state index contributed by atoms with van der Waals surface area (Å²) in [5.41, 5.74) is 2.18. The van der Waals surface area contributed by atoms with Crippen molar-refractivity contribution >= 4 is 45.8 Å². The quantitative estimate of drug-likeness (QED) is 0.321. The molecule has 0 radical (unpaired) electrons. The molecule has 0 aliphatic carbocycles. The number of hydrogen-bond donors (Lipinski definition) is 2. The summed E-state index contributed by atoms with van der Waals surface area (Å²) in [5.74, 6) is 0. The second-order valence-electron chi connectivity index (χ2n) is 8.73. The van der Waals surface area contributed by atoms with Gasteiger partial charge in [-0.2, -0.15) is 5.26 Å². The normalized spacial score (nSPS) is 15.1. The van der Waals surface area contributed by atoms with Crippen molar-refractivity contribution in [3.8, 4) is 16.5 Å². The Morgan fingerprint density at radius 3 is 2.70 bits per heavy atom. The highest BCUT2D eigenvalue weighted by Crippen LogP contribution is 2.33. The molecule has 0 bridgehead atoms. The minimum absolute atomic E-state index is 0.112. The highest BCUT2D eigenvalue weighted by atomic mass is 32.2. The maximum atomic E-state index is 9.54. The third kappa shape index (κ3) is 6.17. The van der Waals surface area contributed by atoms with E-state index in [1.165, 1.54) is 38.8 Å². The standard InChI is InChI=1S/C26H29N3O2S2/c1-26(2,9-12-30)28-33-24(18-27)17-23-7-8-25(32-23)21-4-3-20-16-22(6-5-19(20)15-21)29-10-13-31-14-11-29/h3-8,15-17,28,30H,9-14H2,1-2H3/b24-17+. The minimum atomic E-state index is -0.247. The van der Waals surface area contributed by atoms with Crippen LogP contribution in [0.25, 0.3) is 27.3 Å². The van der Waals surface area contributed by atoms with Gasteiger partial charge in [0.2, 0.25) is 0 Å². The topological polar surface area (TPSA) is 68.5 Å². The van der Waals surface area contributed by atoms with Crippen LogP contribution in [0.5, 0.6) is 0 Å². The largest absolute Gasteiger partial charge is 0.396 e. The zero-order chi connectivity index (χ0) is 23.3. The van der Waals surface area contributed by atoms with Crippen molar-refractivity contribution in [1.82, 2.24) is 4.72 Å². The van der Waals surface area contributed by atoms with Gasteiger partial charge in [0.1, 0.15) is 11.0 Å². The molecule has 0 unspecified atom stereocenters. The van der Waals surface area contributed by atoms with Gasteiger partial charge in [0.25, 0.3) is 0 Å². The number of aliphatic hydroxyl groups excluding tert-OH is 1. The van der Waals surface area contributed by atoms with E-state index < -0.39 is 0 Å². The molecule has 0 saturated carbocycles. The summed E-state index contributed by atoms with van der Waals surface area (Å²) in [7, 11) is 0. The number of thiophene rings is 1. The fourth-order valence-corrected chi connectivity index (χ4v) is 5.47. The molecule has 5 nitrogen and oxygen atoms in total. The number of anilines is 1. The van der Waals surface area contributed by atoms with Gasteiger partial charge in [0.05, 0.1) is 13.2 Å². The molecule has 0 amide bonds. The Labute approximate surface area is 203 Å². The van der Waals surface area contributed by atoms with Crippen LogP contribution in [0, 0.1) is 11.3 Å². The van der Waals surface area contributed by atoms with Crippen molar-refractivity contribution in [1.29, 1.82) is 5.26 Å². The second kappa shape index (κ2) is 10.7. The van der Waals surface area contributed by atoms with E-state index in [0.717, 1.165) is 31.2 Å². The Hall–Kier alpha value is -2.34. The van der Waals surface area contributed by atoms with Crippen molar-refractivity contribution in [2.24, 2.45) is 0 Å². The first-order valence-corrected chi connectivity index (χ1v) is 12.7. The molecule has 1 aliphatic heterocycles. The van der Waals surface area contributed by atoms with Crippen LogP contribution in [-0.4, -0.2) is 43.6 Å². The molecule has 1 aliphatic rings. The lowest BCUT2D eigenvalue weighted by molar-refractivity contribution is 0.122. The number of aliphatic hydroxyl groups is 1. The fraction of sp³-hybridized carbons (Fsp3) is 0.346. The lowest BCUT2D eigenvalue weighted by Gasteiger charge is -2.29. The summed E-state index contributed by atoms with van der Waals surface area (Å²) in [6, 6.07) is 19.7. The van der Waals surface area contributed by atoms with Crippen LogP contribution in [0.15, 0.2) is 53.4 Å².